The highest BCUT2D eigenvalue weighted by Gasteiger charge is 2.07. The standard InChI is InChI=1S/C13H24N4O2/c1-11(2)8-14-9-12-15-4-6-17(12)10-13(18)16-5-7-19-3/h4,6,11,14H,5,7-10H2,1-3H3,(H,16,18). The van der Waals surface area contributed by atoms with Crippen molar-refractivity contribution in [1.82, 2.24) is 20.2 Å². The predicted octanol–water partition coefficient (Wildman–Crippen LogP) is 0.391. The zero-order valence-electron chi connectivity index (χ0n) is 12.0. The molecule has 0 radical (unpaired) electrons. The van der Waals surface area contributed by atoms with Gasteiger partial charge in [-0.25, -0.2) is 4.98 Å². The first-order chi connectivity index (χ1) is 9.13. The van der Waals surface area contributed by atoms with Crippen LogP contribution in [0.15, 0.2) is 12.4 Å². The molecule has 1 aromatic heterocycles. The Morgan fingerprint density at radius 3 is 3.00 bits per heavy atom. The number of rotatable bonds is 9. The number of nitrogens with one attached hydrogen (secondary N) is 2. The third-order valence-corrected chi connectivity index (χ3v) is 2.58. The van der Waals surface area contributed by atoms with Crippen molar-refractivity contribution in [2.75, 3.05) is 26.8 Å². The lowest BCUT2D eigenvalue weighted by Gasteiger charge is -2.10. The third kappa shape index (κ3) is 6.35. The molecule has 0 saturated heterocycles. The summed E-state index contributed by atoms with van der Waals surface area (Å²) in [5.74, 6) is 1.45. The summed E-state index contributed by atoms with van der Waals surface area (Å²) in [6, 6.07) is 0. The van der Waals surface area contributed by atoms with Gasteiger partial charge in [-0.05, 0) is 12.5 Å². The molecule has 1 rings (SSSR count). The second-order valence-corrected chi connectivity index (χ2v) is 4.84. The Kier molecular flexibility index (Phi) is 7.14. The van der Waals surface area contributed by atoms with Gasteiger partial charge >= 0.3 is 0 Å². The molecule has 0 saturated carbocycles. The molecule has 19 heavy (non-hydrogen) atoms. The van der Waals surface area contributed by atoms with Gasteiger partial charge in [0.25, 0.3) is 0 Å². The van der Waals surface area contributed by atoms with E-state index in [0.29, 0.717) is 32.2 Å². The van der Waals surface area contributed by atoms with Crippen molar-refractivity contribution in [1.29, 1.82) is 0 Å². The molecule has 2 N–H and O–H groups in total. The molecule has 1 amide bonds. The van der Waals surface area contributed by atoms with E-state index < -0.39 is 0 Å². The highest BCUT2D eigenvalue weighted by Crippen LogP contribution is 1.98. The predicted molar refractivity (Wildman–Crippen MR) is 73.7 cm³/mol. The number of hydrogen-bond donors (Lipinski definition) is 2. The van der Waals surface area contributed by atoms with E-state index in [0.717, 1.165) is 12.4 Å². The van der Waals surface area contributed by atoms with E-state index in [1.165, 1.54) is 0 Å². The summed E-state index contributed by atoms with van der Waals surface area (Å²) in [7, 11) is 1.61. The number of carbonyl (C=O) groups excluding carboxylic acids is 1. The SMILES string of the molecule is COCCNC(=O)Cn1ccnc1CNCC(C)C. The smallest absolute Gasteiger partial charge is 0.240 e. The Morgan fingerprint density at radius 1 is 1.53 bits per heavy atom. The molecule has 0 spiro atoms. The fourth-order valence-corrected chi connectivity index (χ4v) is 1.63. The second kappa shape index (κ2) is 8.66. The van der Waals surface area contributed by atoms with Crippen LogP contribution in [0, 0.1) is 5.92 Å². The quantitative estimate of drug-likeness (QED) is 0.636. The summed E-state index contributed by atoms with van der Waals surface area (Å²) < 4.78 is 6.74. The Bertz CT molecular complexity index is 376. The molecule has 0 unspecified atom stereocenters. The van der Waals surface area contributed by atoms with Crippen molar-refractivity contribution < 1.29 is 9.53 Å². The highest BCUT2D eigenvalue weighted by molar-refractivity contribution is 5.75. The lowest BCUT2D eigenvalue weighted by molar-refractivity contribution is -0.121. The van der Waals surface area contributed by atoms with Crippen LogP contribution in [0.3, 0.4) is 0 Å². The zero-order valence-corrected chi connectivity index (χ0v) is 12.0. The van der Waals surface area contributed by atoms with Crippen LogP contribution >= 0.6 is 0 Å². The molecule has 108 valence electrons. The maximum absolute atomic E-state index is 11.7. The first-order valence-corrected chi connectivity index (χ1v) is 6.59. The van der Waals surface area contributed by atoms with Crippen LogP contribution in [0.2, 0.25) is 0 Å². The second-order valence-electron chi connectivity index (χ2n) is 4.84. The minimum absolute atomic E-state index is 0.0276. The van der Waals surface area contributed by atoms with Gasteiger partial charge in [0.05, 0.1) is 13.2 Å². The van der Waals surface area contributed by atoms with Gasteiger partial charge in [0.15, 0.2) is 0 Å². The topological polar surface area (TPSA) is 68.2 Å². The van der Waals surface area contributed by atoms with Gasteiger partial charge < -0.3 is 19.9 Å². The molecule has 1 aromatic rings. The molecular formula is C13H24N4O2. The average molecular weight is 268 g/mol. The van der Waals surface area contributed by atoms with Gasteiger partial charge in [-0.2, -0.15) is 0 Å². The number of methoxy groups -OCH3 is 1. The van der Waals surface area contributed by atoms with Crippen LogP contribution in [0.25, 0.3) is 0 Å². The number of amides is 1. The van der Waals surface area contributed by atoms with Gasteiger partial charge in [-0.15, -0.1) is 0 Å². The van der Waals surface area contributed by atoms with Crippen molar-refractivity contribution in [3.8, 4) is 0 Å². The summed E-state index contributed by atoms with van der Waals surface area (Å²) in [6.07, 6.45) is 3.54. The van der Waals surface area contributed by atoms with Crippen molar-refractivity contribution in [2.24, 2.45) is 5.92 Å². The third-order valence-electron chi connectivity index (χ3n) is 2.58. The van der Waals surface area contributed by atoms with Crippen LogP contribution in [0.5, 0.6) is 0 Å². The Balaban J connectivity index is 2.37. The number of carbonyl (C=O) groups is 1. The largest absolute Gasteiger partial charge is 0.383 e. The lowest BCUT2D eigenvalue weighted by atomic mass is 10.2. The molecule has 0 fully saturated rings. The first-order valence-electron chi connectivity index (χ1n) is 6.59. The Labute approximate surface area is 114 Å². The summed E-state index contributed by atoms with van der Waals surface area (Å²) in [5.41, 5.74) is 0. The average Bonchev–Trinajstić information content (AvgIpc) is 2.76. The molecule has 0 aromatic carbocycles. The van der Waals surface area contributed by atoms with Crippen LogP contribution in [-0.4, -0.2) is 42.3 Å². The Hall–Kier alpha value is -1.40. The summed E-state index contributed by atoms with van der Waals surface area (Å²) in [4.78, 5) is 15.9. The van der Waals surface area contributed by atoms with E-state index in [2.05, 4.69) is 29.5 Å². The van der Waals surface area contributed by atoms with E-state index in [4.69, 9.17) is 4.74 Å². The van der Waals surface area contributed by atoms with Gasteiger partial charge in [0.1, 0.15) is 12.4 Å². The summed E-state index contributed by atoms with van der Waals surface area (Å²) >= 11 is 0. The number of aromatic nitrogens is 2. The fourth-order valence-electron chi connectivity index (χ4n) is 1.63. The van der Waals surface area contributed by atoms with Crippen LogP contribution in [0.4, 0.5) is 0 Å². The molecular weight excluding hydrogens is 244 g/mol. The lowest BCUT2D eigenvalue weighted by Crippen LogP contribution is -2.31. The van der Waals surface area contributed by atoms with Crippen LogP contribution < -0.4 is 10.6 Å². The number of imidazole rings is 1. The number of nitrogens with zero attached hydrogens (tertiary/aromatic N) is 2. The zero-order chi connectivity index (χ0) is 14.1. The first kappa shape index (κ1) is 15.7. The molecule has 0 bridgehead atoms. The van der Waals surface area contributed by atoms with Crippen LogP contribution in [-0.2, 0) is 22.6 Å². The van der Waals surface area contributed by atoms with E-state index in [-0.39, 0.29) is 5.91 Å². The fraction of sp³-hybridized carbons (Fsp3) is 0.692. The number of ether oxygens (including phenoxy) is 1. The normalized spacial score (nSPS) is 10.9. The van der Waals surface area contributed by atoms with Gasteiger partial charge in [0.2, 0.25) is 5.91 Å². The van der Waals surface area contributed by atoms with Gasteiger partial charge in [-0.3, -0.25) is 4.79 Å². The maximum atomic E-state index is 11.7. The minimum atomic E-state index is -0.0276. The van der Waals surface area contributed by atoms with Crippen molar-refractivity contribution in [2.45, 2.75) is 26.9 Å². The highest BCUT2D eigenvalue weighted by atomic mass is 16.5. The van der Waals surface area contributed by atoms with Gasteiger partial charge in [-0.1, -0.05) is 13.8 Å². The minimum Gasteiger partial charge on any atom is -0.383 e. The van der Waals surface area contributed by atoms with Crippen molar-refractivity contribution in [3.05, 3.63) is 18.2 Å². The molecule has 0 aliphatic rings. The summed E-state index contributed by atoms with van der Waals surface area (Å²) in [5, 5.41) is 6.11. The van der Waals surface area contributed by atoms with Crippen molar-refractivity contribution in [3.63, 3.8) is 0 Å². The van der Waals surface area contributed by atoms with Crippen LogP contribution in [0.1, 0.15) is 19.7 Å². The molecule has 0 aliphatic heterocycles. The number of hydrogen-bond acceptors (Lipinski definition) is 4. The molecule has 6 heteroatoms. The van der Waals surface area contributed by atoms with E-state index in [9.17, 15) is 4.79 Å². The molecule has 6 nitrogen and oxygen atoms in total. The molecule has 0 aliphatic carbocycles. The Morgan fingerprint density at radius 2 is 2.32 bits per heavy atom. The summed E-state index contributed by atoms with van der Waals surface area (Å²) in [6.45, 7) is 7.28. The molecule has 0 atom stereocenters. The van der Waals surface area contributed by atoms with Crippen molar-refractivity contribution >= 4 is 5.91 Å². The molecule has 1 heterocycles. The van der Waals surface area contributed by atoms with E-state index in [1.807, 2.05) is 10.8 Å². The van der Waals surface area contributed by atoms with Gasteiger partial charge in [0, 0.05) is 26.0 Å². The van der Waals surface area contributed by atoms with E-state index in [1.54, 1.807) is 13.3 Å². The van der Waals surface area contributed by atoms with E-state index >= 15 is 0 Å². The monoisotopic (exact) mass is 268 g/mol. The maximum Gasteiger partial charge on any atom is 0.240 e.